The second-order valence-corrected chi connectivity index (χ2v) is 4.80. The molecule has 3 nitrogen and oxygen atoms in total. The monoisotopic (exact) mass is 320 g/mol. The Hall–Kier alpha value is -0.820. The van der Waals surface area contributed by atoms with E-state index < -0.39 is 5.97 Å². The molecule has 0 radical (unpaired) electrons. The number of aromatic carboxylic acids is 1. The van der Waals surface area contributed by atoms with Crippen LogP contribution in [0.15, 0.2) is 17.5 Å². The lowest BCUT2D eigenvalue weighted by Gasteiger charge is -2.02. The van der Waals surface area contributed by atoms with Gasteiger partial charge in [0.2, 0.25) is 0 Å². The number of benzene rings is 1. The van der Waals surface area contributed by atoms with E-state index in [1.54, 1.807) is 6.07 Å². The molecular formula is C9H5IO3S. The lowest BCUT2D eigenvalue weighted by atomic mass is 10.1. The minimum absolute atomic E-state index is 0.0123. The molecule has 0 atom stereocenters. The van der Waals surface area contributed by atoms with Gasteiger partial charge in [0.25, 0.3) is 0 Å². The number of thiophene rings is 1. The first-order valence-electron chi connectivity index (χ1n) is 3.73. The summed E-state index contributed by atoms with van der Waals surface area (Å²) in [5.74, 6) is -1.27. The van der Waals surface area contributed by atoms with Gasteiger partial charge in [0.05, 0.1) is 0 Å². The number of hydrogen-bond donors (Lipinski definition) is 2. The van der Waals surface area contributed by atoms with E-state index >= 15 is 0 Å². The molecule has 0 saturated heterocycles. The number of rotatable bonds is 1. The Morgan fingerprint density at radius 2 is 2.21 bits per heavy atom. The zero-order chi connectivity index (χ0) is 10.3. The number of phenols is 1. The predicted octanol–water partition coefficient (Wildman–Crippen LogP) is 2.91. The van der Waals surface area contributed by atoms with Crippen molar-refractivity contribution < 1.29 is 15.0 Å². The lowest BCUT2D eigenvalue weighted by Crippen LogP contribution is -1.97. The van der Waals surface area contributed by atoms with Crippen molar-refractivity contribution in [3.63, 3.8) is 0 Å². The molecule has 0 unspecified atom stereocenters. The van der Waals surface area contributed by atoms with Crippen molar-refractivity contribution in [3.8, 4) is 5.75 Å². The SMILES string of the molecule is O=C(O)c1c(O)cc(I)c2sccc12. The van der Waals surface area contributed by atoms with Gasteiger partial charge in [-0.25, -0.2) is 4.79 Å². The zero-order valence-corrected chi connectivity index (χ0v) is 9.79. The molecule has 1 heterocycles. The van der Waals surface area contributed by atoms with E-state index in [4.69, 9.17) is 5.11 Å². The molecule has 0 spiro atoms. The van der Waals surface area contributed by atoms with Gasteiger partial charge in [-0.1, -0.05) is 0 Å². The molecule has 72 valence electrons. The largest absolute Gasteiger partial charge is 0.507 e. The summed E-state index contributed by atoms with van der Waals surface area (Å²) in [7, 11) is 0. The van der Waals surface area contributed by atoms with Gasteiger partial charge < -0.3 is 10.2 Å². The highest BCUT2D eigenvalue weighted by molar-refractivity contribution is 14.1. The number of aromatic hydroxyl groups is 1. The first kappa shape index (κ1) is 9.72. The molecule has 0 amide bonds. The van der Waals surface area contributed by atoms with Gasteiger partial charge in [-0.2, -0.15) is 0 Å². The molecule has 0 aliphatic rings. The summed E-state index contributed by atoms with van der Waals surface area (Å²) < 4.78 is 1.77. The molecular weight excluding hydrogens is 315 g/mol. The molecule has 2 rings (SSSR count). The fourth-order valence-corrected chi connectivity index (χ4v) is 3.09. The average Bonchev–Trinajstić information content (AvgIpc) is 2.51. The van der Waals surface area contributed by atoms with Crippen molar-refractivity contribution in [1.82, 2.24) is 0 Å². The van der Waals surface area contributed by atoms with Crippen molar-refractivity contribution >= 4 is 50.0 Å². The molecule has 0 aliphatic heterocycles. The Bertz CT molecular complexity index is 518. The third-order valence-electron chi connectivity index (χ3n) is 1.88. The van der Waals surface area contributed by atoms with Crippen molar-refractivity contribution in [2.75, 3.05) is 0 Å². The van der Waals surface area contributed by atoms with Crippen LogP contribution in [0.25, 0.3) is 10.1 Å². The molecule has 1 aromatic heterocycles. The molecule has 0 fully saturated rings. The van der Waals surface area contributed by atoms with Crippen molar-refractivity contribution in [2.24, 2.45) is 0 Å². The standard InChI is InChI=1S/C9H5IO3S/c10-5-3-6(11)7(9(12)13)4-1-2-14-8(4)5/h1-3,11H,(H,12,13). The second kappa shape index (κ2) is 3.39. The summed E-state index contributed by atoms with van der Waals surface area (Å²) in [4.78, 5) is 10.9. The van der Waals surface area contributed by atoms with Gasteiger partial charge in [0.1, 0.15) is 11.3 Å². The van der Waals surface area contributed by atoms with E-state index in [1.807, 2.05) is 5.38 Å². The number of carboxylic acids is 1. The third kappa shape index (κ3) is 1.36. The maximum atomic E-state index is 10.9. The molecule has 5 heteroatoms. The van der Waals surface area contributed by atoms with Crippen LogP contribution in [0.1, 0.15) is 10.4 Å². The summed E-state index contributed by atoms with van der Waals surface area (Å²) in [5, 5.41) is 20.8. The van der Waals surface area contributed by atoms with Crippen LogP contribution in [0.5, 0.6) is 5.75 Å². The number of fused-ring (bicyclic) bond motifs is 1. The summed E-state index contributed by atoms with van der Waals surface area (Å²) >= 11 is 3.55. The van der Waals surface area contributed by atoms with E-state index in [0.717, 1.165) is 8.27 Å². The molecule has 0 bridgehead atoms. The topological polar surface area (TPSA) is 57.5 Å². The zero-order valence-electron chi connectivity index (χ0n) is 6.82. The molecule has 2 aromatic rings. The van der Waals surface area contributed by atoms with Crippen LogP contribution >= 0.6 is 33.9 Å². The first-order chi connectivity index (χ1) is 6.61. The fourth-order valence-electron chi connectivity index (χ4n) is 1.31. The van der Waals surface area contributed by atoms with Crippen molar-refractivity contribution in [1.29, 1.82) is 0 Å². The van der Waals surface area contributed by atoms with Crippen LogP contribution < -0.4 is 0 Å². The normalized spacial score (nSPS) is 10.6. The van der Waals surface area contributed by atoms with Crippen molar-refractivity contribution in [2.45, 2.75) is 0 Å². The van der Waals surface area contributed by atoms with Crippen LogP contribution in [0.3, 0.4) is 0 Å². The third-order valence-corrected chi connectivity index (χ3v) is 4.05. The van der Waals surface area contributed by atoms with E-state index in [0.29, 0.717) is 5.39 Å². The van der Waals surface area contributed by atoms with Gasteiger partial charge in [0, 0.05) is 13.7 Å². The van der Waals surface area contributed by atoms with E-state index in [-0.39, 0.29) is 11.3 Å². The number of hydrogen-bond acceptors (Lipinski definition) is 3. The number of carboxylic acid groups (broad SMARTS) is 1. The highest BCUT2D eigenvalue weighted by Gasteiger charge is 2.16. The predicted molar refractivity (Wildman–Crippen MR) is 63.2 cm³/mol. The van der Waals surface area contributed by atoms with Crippen LogP contribution in [-0.2, 0) is 0 Å². The average molecular weight is 320 g/mol. The Kier molecular flexibility index (Phi) is 2.36. The van der Waals surface area contributed by atoms with Gasteiger partial charge in [0.15, 0.2) is 0 Å². The first-order valence-corrected chi connectivity index (χ1v) is 5.69. The van der Waals surface area contributed by atoms with Crippen LogP contribution in [-0.4, -0.2) is 16.2 Å². The summed E-state index contributed by atoms with van der Waals surface area (Å²) in [5.41, 5.74) is -0.0123. The van der Waals surface area contributed by atoms with Gasteiger partial charge in [-0.3, -0.25) is 0 Å². The number of halogens is 1. The summed E-state index contributed by atoms with van der Waals surface area (Å²) in [6.45, 7) is 0. The van der Waals surface area contributed by atoms with Crippen LogP contribution in [0, 0.1) is 3.57 Å². The molecule has 14 heavy (non-hydrogen) atoms. The minimum Gasteiger partial charge on any atom is -0.507 e. The molecule has 0 saturated carbocycles. The van der Waals surface area contributed by atoms with E-state index in [9.17, 15) is 9.90 Å². The Morgan fingerprint density at radius 1 is 1.50 bits per heavy atom. The summed E-state index contributed by atoms with van der Waals surface area (Å²) in [6.07, 6.45) is 0. The van der Waals surface area contributed by atoms with Gasteiger partial charge in [-0.05, 0) is 40.1 Å². The molecule has 1 aromatic carbocycles. The fraction of sp³-hybridized carbons (Fsp3) is 0. The number of carbonyl (C=O) groups is 1. The van der Waals surface area contributed by atoms with Crippen LogP contribution in [0.4, 0.5) is 0 Å². The minimum atomic E-state index is -1.10. The van der Waals surface area contributed by atoms with Gasteiger partial charge >= 0.3 is 5.97 Å². The van der Waals surface area contributed by atoms with Crippen molar-refractivity contribution in [3.05, 3.63) is 26.6 Å². The highest BCUT2D eigenvalue weighted by Crippen LogP contribution is 2.34. The Labute approximate surface area is 97.1 Å². The molecule has 2 N–H and O–H groups in total. The summed E-state index contributed by atoms with van der Waals surface area (Å²) in [6, 6.07) is 3.19. The maximum Gasteiger partial charge on any atom is 0.340 e. The lowest BCUT2D eigenvalue weighted by molar-refractivity contribution is 0.0696. The highest BCUT2D eigenvalue weighted by atomic mass is 127. The molecule has 0 aliphatic carbocycles. The van der Waals surface area contributed by atoms with Gasteiger partial charge in [-0.15, -0.1) is 11.3 Å². The Balaban J connectivity index is 2.93. The smallest absolute Gasteiger partial charge is 0.340 e. The second-order valence-electron chi connectivity index (χ2n) is 2.72. The Morgan fingerprint density at radius 3 is 2.86 bits per heavy atom. The van der Waals surface area contributed by atoms with Crippen LogP contribution in [0.2, 0.25) is 0 Å². The van der Waals surface area contributed by atoms with E-state index in [2.05, 4.69) is 22.6 Å². The quantitative estimate of drug-likeness (QED) is 0.795. The van der Waals surface area contributed by atoms with E-state index in [1.165, 1.54) is 17.4 Å². The maximum absolute atomic E-state index is 10.9.